The largest absolute Gasteiger partial charge is 0.458 e. The molecule has 13 aromatic carbocycles. The molecule has 0 saturated carbocycles. The summed E-state index contributed by atoms with van der Waals surface area (Å²) in [7, 11) is 0. The van der Waals surface area contributed by atoms with Gasteiger partial charge in [0, 0.05) is 44.3 Å². The van der Waals surface area contributed by atoms with Gasteiger partial charge in [0.15, 0.2) is 0 Å². The molecule has 428 valence electrons. The standard InChI is InChI=1S/C86H62B2N2O/c1-85(2,3)56-50-67-62-43-45-73-84(89(57-28-13-8-14-29-57)75-38-21-19-36-71(75)87(73)69-34-17-15-30-58(69)52-24-9-6-10-25-52)83(62)90-74-46-41-55(48-65(74)68(51-56)82(67)90)86(4,5)54-40-42-60-61-32-23-33-63-78(61)79(66(60)49-54)64-44-47-77-81(80(63)64)88(72-37-20-22-39-76(72)91-77)70-35-18-16-31-59(70)53-26-11-7-12-27-53/h6-51,79H,1-5H3. The number of fused-ring (bicyclic) bond motifs is 18. The van der Waals surface area contributed by atoms with Gasteiger partial charge in [-0.05, 0) is 160 Å². The molecular formula is C86H62B2N2O. The molecule has 2 aromatic heterocycles. The SMILES string of the molecule is CC(C)(C)c1cc2c3cc(C(C)(C)c4ccc5c(c4)C4c6ccc7c(c6-c6cccc-5c64)B(c4ccccc4-c4ccccc4)c4ccccc4O7)ccc3n3c4c5c(ccc4c(c1)c23)B(c1ccccc1-c1ccccc1)c1ccccc1N5c1ccccc1. The van der Waals surface area contributed by atoms with Gasteiger partial charge in [-0.15, -0.1) is 0 Å². The van der Waals surface area contributed by atoms with Crippen molar-refractivity contribution in [1.82, 2.24) is 4.40 Å². The molecule has 4 aliphatic rings. The van der Waals surface area contributed by atoms with Gasteiger partial charge in [-0.25, -0.2) is 0 Å². The number of ether oxygens (including phenoxy) is 1. The molecule has 2 aliphatic carbocycles. The Hall–Kier alpha value is -10.6. The van der Waals surface area contributed by atoms with Crippen LogP contribution in [-0.4, -0.2) is 17.8 Å². The molecule has 0 bridgehead atoms. The molecule has 0 amide bonds. The van der Waals surface area contributed by atoms with Crippen molar-refractivity contribution in [2.24, 2.45) is 0 Å². The number of anilines is 3. The lowest BCUT2D eigenvalue weighted by molar-refractivity contribution is 0.487. The second-order valence-electron chi connectivity index (χ2n) is 27.3. The van der Waals surface area contributed by atoms with Crippen LogP contribution in [0, 0.1) is 0 Å². The van der Waals surface area contributed by atoms with Crippen molar-refractivity contribution in [2.45, 2.75) is 51.4 Å². The molecule has 91 heavy (non-hydrogen) atoms. The van der Waals surface area contributed by atoms with Crippen LogP contribution >= 0.6 is 0 Å². The zero-order valence-electron chi connectivity index (χ0n) is 51.6. The molecule has 0 saturated heterocycles. The minimum Gasteiger partial charge on any atom is -0.458 e. The Balaban J connectivity index is 0.793. The summed E-state index contributed by atoms with van der Waals surface area (Å²) in [6.07, 6.45) is 0. The van der Waals surface area contributed by atoms with Crippen molar-refractivity contribution >= 4 is 101 Å². The Kier molecular flexibility index (Phi) is 11.0. The predicted octanol–water partition coefficient (Wildman–Crippen LogP) is 17.9. The van der Waals surface area contributed by atoms with Crippen LogP contribution in [0.15, 0.2) is 279 Å². The van der Waals surface area contributed by atoms with Crippen LogP contribution in [0.3, 0.4) is 0 Å². The Labute approximate surface area is 532 Å². The van der Waals surface area contributed by atoms with Gasteiger partial charge in [-0.2, -0.15) is 0 Å². The molecule has 0 spiro atoms. The highest BCUT2D eigenvalue weighted by atomic mass is 16.5. The number of nitrogens with zero attached hydrogens (tertiary/aromatic N) is 2. The first kappa shape index (κ1) is 52.3. The summed E-state index contributed by atoms with van der Waals surface area (Å²) in [5.74, 6) is 1.95. The maximum atomic E-state index is 6.99. The van der Waals surface area contributed by atoms with Crippen molar-refractivity contribution in [2.75, 3.05) is 4.90 Å². The fourth-order valence-electron chi connectivity index (χ4n) is 16.9. The van der Waals surface area contributed by atoms with Gasteiger partial charge in [0.2, 0.25) is 6.71 Å². The van der Waals surface area contributed by atoms with Crippen molar-refractivity contribution in [1.29, 1.82) is 0 Å². The molecule has 3 nitrogen and oxygen atoms in total. The van der Waals surface area contributed by atoms with E-state index in [4.69, 9.17) is 4.74 Å². The minimum atomic E-state index is -0.366. The number of benzene rings is 13. The van der Waals surface area contributed by atoms with E-state index in [1.807, 2.05) is 0 Å². The van der Waals surface area contributed by atoms with Crippen molar-refractivity contribution in [3.63, 3.8) is 0 Å². The molecular weight excluding hydrogens is 1100 g/mol. The van der Waals surface area contributed by atoms with Crippen LogP contribution < -0.4 is 42.4 Å². The lowest BCUT2D eigenvalue weighted by Gasteiger charge is -2.38. The highest BCUT2D eigenvalue weighted by Gasteiger charge is 2.46. The van der Waals surface area contributed by atoms with E-state index in [0.717, 1.165) is 17.2 Å². The first-order valence-corrected chi connectivity index (χ1v) is 32.3. The van der Waals surface area contributed by atoms with Gasteiger partial charge in [0.05, 0.1) is 22.2 Å². The number of aromatic nitrogens is 1. The highest BCUT2D eigenvalue weighted by Crippen LogP contribution is 2.59. The topological polar surface area (TPSA) is 16.9 Å². The van der Waals surface area contributed by atoms with E-state index >= 15 is 0 Å². The monoisotopic (exact) mass is 1160 g/mol. The summed E-state index contributed by atoms with van der Waals surface area (Å²) >= 11 is 0. The van der Waals surface area contributed by atoms with Crippen LogP contribution in [0.25, 0.3) is 82.6 Å². The molecule has 4 heterocycles. The zero-order valence-corrected chi connectivity index (χ0v) is 51.6. The average Bonchev–Trinajstić information content (AvgIpc) is 1.56. The van der Waals surface area contributed by atoms with Gasteiger partial charge >= 0.3 is 0 Å². The first-order chi connectivity index (χ1) is 44.6. The highest BCUT2D eigenvalue weighted by molar-refractivity contribution is 6.99. The van der Waals surface area contributed by atoms with Crippen LogP contribution in [0.2, 0.25) is 0 Å². The molecule has 2 aliphatic heterocycles. The summed E-state index contributed by atoms with van der Waals surface area (Å²) in [6, 6.07) is 105. The fraction of sp³-hybridized carbons (Fsp3) is 0.0930. The lowest BCUT2D eigenvalue weighted by atomic mass is 9.34. The maximum absolute atomic E-state index is 6.99. The third-order valence-electron chi connectivity index (χ3n) is 21.2. The fourth-order valence-corrected chi connectivity index (χ4v) is 16.9. The summed E-state index contributed by atoms with van der Waals surface area (Å²) in [4.78, 5) is 2.57. The summed E-state index contributed by atoms with van der Waals surface area (Å²) in [6.45, 7) is 11.9. The molecule has 0 radical (unpaired) electrons. The molecule has 0 fully saturated rings. The summed E-state index contributed by atoms with van der Waals surface area (Å²) in [5.41, 5.74) is 32.8. The Bertz CT molecular complexity index is 5540. The van der Waals surface area contributed by atoms with Crippen molar-refractivity contribution in [3.05, 3.63) is 312 Å². The van der Waals surface area contributed by atoms with E-state index in [1.54, 1.807) is 0 Å². The number of hydrogen-bond donors (Lipinski definition) is 0. The smallest absolute Gasteiger partial charge is 0.252 e. The van der Waals surface area contributed by atoms with Crippen molar-refractivity contribution in [3.8, 4) is 56.0 Å². The molecule has 1 atom stereocenters. The van der Waals surface area contributed by atoms with Gasteiger partial charge in [-0.1, -0.05) is 270 Å². The van der Waals surface area contributed by atoms with E-state index in [9.17, 15) is 0 Å². The number of para-hydroxylation sites is 3. The van der Waals surface area contributed by atoms with Gasteiger partial charge < -0.3 is 14.0 Å². The molecule has 15 aromatic rings. The zero-order chi connectivity index (χ0) is 60.6. The Morgan fingerprint density at radius 1 is 0.374 bits per heavy atom. The van der Waals surface area contributed by atoms with Gasteiger partial charge in [0.1, 0.15) is 11.5 Å². The molecule has 0 N–H and O–H groups in total. The van der Waals surface area contributed by atoms with Crippen LogP contribution in [0.4, 0.5) is 17.1 Å². The van der Waals surface area contributed by atoms with E-state index in [0.29, 0.717) is 0 Å². The lowest BCUT2D eigenvalue weighted by Crippen LogP contribution is -2.57. The molecule has 1 unspecified atom stereocenters. The average molecular weight is 1160 g/mol. The Morgan fingerprint density at radius 2 is 0.956 bits per heavy atom. The van der Waals surface area contributed by atoms with E-state index in [2.05, 4.69) is 323 Å². The van der Waals surface area contributed by atoms with E-state index in [-0.39, 0.29) is 30.2 Å². The van der Waals surface area contributed by atoms with E-state index < -0.39 is 0 Å². The van der Waals surface area contributed by atoms with E-state index in [1.165, 1.54) is 160 Å². The summed E-state index contributed by atoms with van der Waals surface area (Å²) < 4.78 is 9.63. The van der Waals surface area contributed by atoms with Crippen LogP contribution in [0.1, 0.15) is 73.9 Å². The van der Waals surface area contributed by atoms with Gasteiger partial charge in [-0.3, -0.25) is 0 Å². The molecule has 5 heteroatoms. The van der Waals surface area contributed by atoms with Crippen molar-refractivity contribution < 1.29 is 4.74 Å². The second kappa shape index (κ2) is 19.2. The van der Waals surface area contributed by atoms with Crippen LogP contribution in [-0.2, 0) is 10.8 Å². The normalized spacial score (nSPS) is 14.3. The quantitative estimate of drug-likeness (QED) is 0.148. The third-order valence-corrected chi connectivity index (χ3v) is 21.2. The first-order valence-electron chi connectivity index (χ1n) is 32.3. The summed E-state index contributed by atoms with van der Waals surface area (Å²) in [5, 5.41) is 5.15. The number of hydrogen-bond acceptors (Lipinski definition) is 2. The maximum Gasteiger partial charge on any atom is 0.252 e. The number of rotatable bonds is 7. The van der Waals surface area contributed by atoms with Gasteiger partial charge in [0.25, 0.3) is 6.71 Å². The predicted molar refractivity (Wildman–Crippen MR) is 384 cm³/mol. The van der Waals surface area contributed by atoms with Crippen LogP contribution in [0.5, 0.6) is 11.5 Å². The second-order valence-corrected chi connectivity index (χ2v) is 27.3. The minimum absolute atomic E-state index is 0.0351. The third kappa shape index (κ3) is 7.41. The molecule has 19 rings (SSSR count). The Morgan fingerprint density at radius 3 is 1.68 bits per heavy atom.